The first kappa shape index (κ1) is 16.6. The molecule has 2 rings (SSSR count). The summed E-state index contributed by atoms with van der Waals surface area (Å²) >= 11 is 5.99. The summed E-state index contributed by atoms with van der Waals surface area (Å²) in [6.07, 6.45) is 1.27. The fourth-order valence-electron chi connectivity index (χ4n) is 2.61. The summed E-state index contributed by atoms with van der Waals surface area (Å²) in [4.78, 5) is 28.1. The van der Waals surface area contributed by atoms with Gasteiger partial charge < -0.3 is 14.5 Å². The molecule has 1 heterocycles. The average Bonchev–Trinajstić information content (AvgIpc) is 2.79. The highest BCUT2D eigenvalue weighted by atomic mass is 35.5. The molecule has 120 valence electrons. The van der Waals surface area contributed by atoms with Crippen molar-refractivity contribution in [2.24, 2.45) is 0 Å². The topological polar surface area (TPSA) is 49.9 Å². The van der Waals surface area contributed by atoms with Crippen LogP contribution in [-0.4, -0.2) is 54.9 Å². The van der Waals surface area contributed by atoms with Gasteiger partial charge in [-0.15, -0.1) is 0 Å². The number of ether oxygens (including phenoxy) is 1. The third-order valence-electron chi connectivity index (χ3n) is 3.83. The lowest BCUT2D eigenvalue weighted by atomic mass is 10.1. The second-order valence-corrected chi connectivity index (χ2v) is 5.66. The maximum atomic E-state index is 12.7. The predicted octanol–water partition coefficient (Wildman–Crippen LogP) is 2.43. The zero-order valence-corrected chi connectivity index (χ0v) is 13.7. The Kier molecular flexibility index (Phi) is 5.66. The fraction of sp³-hybridized carbons (Fsp3) is 0.500. The SMILES string of the molecule is CCC(=O)N1CCCN(C(=O)c2cc(Cl)ccc2OC)CC1. The van der Waals surface area contributed by atoms with Gasteiger partial charge in [-0.2, -0.15) is 0 Å². The molecule has 0 atom stereocenters. The normalized spacial score (nSPS) is 15.4. The number of rotatable bonds is 3. The molecule has 1 aromatic rings. The Balaban J connectivity index is 2.13. The fourth-order valence-corrected chi connectivity index (χ4v) is 2.78. The van der Waals surface area contributed by atoms with Crippen molar-refractivity contribution in [1.82, 2.24) is 9.80 Å². The second-order valence-electron chi connectivity index (χ2n) is 5.22. The second kappa shape index (κ2) is 7.49. The molecule has 1 saturated heterocycles. The predicted molar refractivity (Wildman–Crippen MR) is 85.4 cm³/mol. The largest absolute Gasteiger partial charge is 0.496 e. The number of hydrogen-bond acceptors (Lipinski definition) is 3. The first-order valence-electron chi connectivity index (χ1n) is 7.47. The van der Waals surface area contributed by atoms with Gasteiger partial charge in [-0.1, -0.05) is 18.5 Å². The van der Waals surface area contributed by atoms with E-state index in [1.54, 1.807) is 23.1 Å². The number of carbonyl (C=O) groups is 2. The van der Waals surface area contributed by atoms with Crippen molar-refractivity contribution in [2.45, 2.75) is 19.8 Å². The van der Waals surface area contributed by atoms with Crippen LogP contribution in [-0.2, 0) is 4.79 Å². The van der Waals surface area contributed by atoms with Gasteiger partial charge in [0.05, 0.1) is 12.7 Å². The molecule has 0 saturated carbocycles. The zero-order chi connectivity index (χ0) is 16.1. The molecular formula is C16H21ClN2O3. The Hall–Kier alpha value is -1.75. The van der Waals surface area contributed by atoms with E-state index in [0.29, 0.717) is 48.9 Å². The van der Waals surface area contributed by atoms with E-state index in [4.69, 9.17) is 16.3 Å². The minimum Gasteiger partial charge on any atom is -0.496 e. The van der Waals surface area contributed by atoms with E-state index in [1.807, 2.05) is 11.8 Å². The van der Waals surface area contributed by atoms with Crippen LogP contribution in [0, 0.1) is 0 Å². The highest BCUT2D eigenvalue weighted by Gasteiger charge is 2.24. The summed E-state index contributed by atoms with van der Waals surface area (Å²) in [6, 6.07) is 5.02. The maximum Gasteiger partial charge on any atom is 0.257 e. The summed E-state index contributed by atoms with van der Waals surface area (Å²) in [6.45, 7) is 4.28. The number of carbonyl (C=O) groups excluding carboxylic acids is 2. The lowest BCUT2D eigenvalue weighted by Gasteiger charge is -2.22. The van der Waals surface area contributed by atoms with E-state index >= 15 is 0 Å². The van der Waals surface area contributed by atoms with E-state index in [2.05, 4.69) is 0 Å². The molecule has 0 aliphatic carbocycles. The minimum absolute atomic E-state index is 0.106. The van der Waals surface area contributed by atoms with Gasteiger partial charge in [0.25, 0.3) is 5.91 Å². The van der Waals surface area contributed by atoms with Gasteiger partial charge in [0, 0.05) is 37.6 Å². The van der Waals surface area contributed by atoms with Crippen molar-refractivity contribution in [3.63, 3.8) is 0 Å². The van der Waals surface area contributed by atoms with Gasteiger partial charge >= 0.3 is 0 Å². The lowest BCUT2D eigenvalue weighted by Crippen LogP contribution is -2.37. The zero-order valence-electron chi connectivity index (χ0n) is 13.0. The monoisotopic (exact) mass is 324 g/mol. The summed E-state index contributed by atoms with van der Waals surface area (Å²) < 4.78 is 5.25. The average molecular weight is 325 g/mol. The van der Waals surface area contributed by atoms with Gasteiger partial charge in [0.1, 0.15) is 5.75 Å². The molecule has 1 aromatic carbocycles. The molecular weight excluding hydrogens is 304 g/mol. The molecule has 0 radical (unpaired) electrons. The van der Waals surface area contributed by atoms with Crippen molar-refractivity contribution in [3.8, 4) is 5.75 Å². The van der Waals surface area contributed by atoms with Crippen LogP contribution in [0.5, 0.6) is 5.75 Å². The van der Waals surface area contributed by atoms with Crippen LogP contribution in [0.15, 0.2) is 18.2 Å². The molecule has 5 nitrogen and oxygen atoms in total. The number of methoxy groups -OCH3 is 1. The van der Waals surface area contributed by atoms with Crippen molar-refractivity contribution in [3.05, 3.63) is 28.8 Å². The smallest absolute Gasteiger partial charge is 0.257 e. The van der Waals surface area contributed by atoms with Crippen molar-refractivity contribution < 1.29 is 14.3 Å². The summed E-state index contributed by atoms with van der Waals surface area (Å²) in [5.74, 6) is 0.542. The van der Waals surface area contributed by atoms with Gasteiger partial charge in [0.15, 0.2) is 0 Å². The number of hydrogen-bond donors (Lipinski definition) is 0. The van der Waals surface area contributed by atoms with Gasteiger partial charge in [-0.3, -0.25) is 9.59 Å². The highest BCUT2D eigenvalue weighted by Crippen LogP contribution is 2.24. The molecule has 0 N–H and O–H groups in total. The van der Waals surface area contributed by atoms with Gasteiger partial charge in [0.2, 0.25) is 5.91 Å². The van der Waals surface area contributed by atoms with Crippen LogP contribution < -0.4 is 4.74 Å². The molecule has 22 heavy (non-hydrogen) atoms. The first-order valence-corrected chi connectivity index (χ1v) is 7.85. The molecule has 1 aliphatic rings. The standard InChI is InChI=1S/C16H21ClN2O3/c1-3-15(20)18-7-4-8-19(10-9-18)16(21)13-11-12(17)5-6-14(13)22-2/h5-6,11H,3-4,7-10H2,1-2H3. The molecule has 6 heteroatoms. The summed E-state index contributed by atoms with van der Waals surface area (Å²) in [5.41, 5.74) is 0.463. The Bertz CT molecular complexity index is 562. The number of amides is 2. The Morgan fingerprint density at radius 3 is 2.55 bits per heavy atom. The van der Waals surface area contributed by atoms with E-state index < -0.39 is 0 Å². The summed E-state index contributed by atoms with van der Waals surface area (Å²) in [7, 11) is 1.53. The Labute approximate surface area is 135 Å². The van der Waals surface area contributed by atoms with Crippen LogP contribution >= 0.6 is 11.6 Å². The van der Waals surface area contributed by atoms with E-state index in [9.17, 15) is 9.59 Å². The summed E-state index contributed by atoms with van der Waals surface area (Å²) in [5, 5.41) is 0.502. The van der Waals surface area contributed by atoms with Gasteiger partial charge in [-0.25, -0.2) is 0 Å². The molecule has 0 bridgehead atoms. The maximum absolute atomic E-state index is 12.7. The Morgan fingerprint density at radius 1 is 1.18 bits per heavy atom. The third-order valence-corrected chi connectivity index (χ3v) is 4.07. The van der Waals surface area contributed by atoms with Gasteiger partial charge in [-0.05, 0) is 24.6 Å². The van der Waals surface area contributed by atoms with Crippen molar-refractivity contribution in [2.75, 3.05) is 33.3 Å². The van der Waals surface area contributed by atoms with Crippen molar-refractivity contribution >= 4 is 23.4 Å². The van der Waals surface area contributed by atoms with Crippen molar-refractivity contribution in [1.29, 1.82) is 0 Å². The minimum atomic E-state index is -0.106. The van der Waals surface area contributed by atoms with Crippen LogP contribution in [0.4, 0.5) is 0 Å². The third kappa shape index (κ3) is 3.71. The molecule has 0 spiro atoms. The van der Waals surface area contributed by atoms with E-state index in [-0.39, 0.29) is 11.8 Å². The molecule has 0 aromatic heterocycles. The number of halogens is 1. The molecule has 0 unspecified atom stereocenters. The first-order chi connectivity index (χ1) is 10.6. The van der Waals surface area contributed by atoms with Crippen LogP contribution in [0.3, 0.4) is 0 Å². The Morgan fingerprint density at radius 2 is 1.86 bits per heavy atom. The number of nitrogens with zero attached hydrogens (tertiary/aromatic N) is 2. The van der Waals surface area contributed by atoms with Crippen LogP contribution in [0.2, 0.25) is 5.02 Å². The molecule has 1 fully saturated rings. The quantitative estimate of drug-likeness (QED) is 0.858. The van der Waals surface area contributed by atoms with Crippen LogP contribution in [0.1, 0.15) is 30.1 Å². The van der Waals surface area contributed by atoms with Crippen LogP contribution in [0.25, 0.3) is 0 Å². The van der Waals surface area contributed by atoms with E-state index in [1.165, 1.54) is 7.11 Å². The number of benzene rings is 1. The lowest BCUT2D eigenvalue weighted by molar-refractivity contribution is -0.130. The van der Waals surface area contributed by atoms with E-state index in [0.717, 1.165) is 6.42 Å². The highest BCUT2D eigenvalue weighted by molar-refractivity contribution is 6.31. The molecule has 1 aliphatic heterocycles. The molecule has 2 amide bonds.